The number of aromatic nitrogens is 1. The van der Waals surface area contributed by atoms with E-state index in [1.54, 1.807) is 4.90 Å². The fourth-order valence-corrected chi connectivity index (χ4v) is 4.50. The number of nitrogens with one attached hydrogen (secondary N) is 1. The molecule has 22 heavy (non-hydrogen) atoms. The maximum atomic E-state index is 11.0. The van der Waals surface area contributed by atoms with E-state index in [0.717, 1.165) is 29.4 Å². The summed E-state index contributed by atoms with van der Waals surface area (Å²) in [7, 11) is 0. The van der Waals surface area contributed by atoms with Crippen molar-refractivity contribution >= 4 is 10.9 Å². The first-order chi connectivity index (χ1) is 10.8. The van der Waals surface area contributed by atoms with Gasteiger partial charge in [-0.1, -0.05) is 24.3 Å². The number of rotatable bonds is 3. The largest absolute Gasteiger partial charge is 0.382 e. The molecule has 4 heterocycles. The van der Waals surface area contributed by atoms with E-state index in [1.807, 2.05) is 30.5 Å². The highest BCUT2D eigenvalue weighted by molar-refractivity contribution is 5.82. The Morgan fingerprint density at radius 1 is 1.32 bits per heavy atom. The van der Waals surface area contributed by atoms with E-state index in [4.69, 9.17) is 0 Å². The molecule has 3 heteroatoms. The zero-order valence-electron chi connectivity index (χ0n) is 12.8. The van der Waals surface area contributed by atoms with Gasteiger partial charge < -0.3 is 10.0 Å². The molecule has 3 aliphatic rings. The molecular weight excluding hydrogens is 272 g/mol. The van der Waals surface area contributed by atoms with Crippen molar-refractivity contribution in [1.82, 2.24) is 4.98 Å². The van der Waals surface area contributed by atoms with Crippen LogP contribution in [0.4, 0.5) is 0 Å². The smallest absolute Gasteiger partial charge is 0.131 e. The van der Waals surface area contributed by atoms with E-state index in [0.29, 0.717) is 17.9 Å². The summed E-state index contributed by atoms with van der Waals surface area (Å²) in [5.74, 6) is 1.32. The van der Waals surface area contributed by atoms with Gasteiger partial charge in [0, 0.05) is 30.3 Å². The molecule has 2 N–H and O–H groups in total. The Hall–Kier alpha value is -1.71. The fraction of sp³-hybridized carbons (Fsp3) is 0.421. The summed E-state index contributed by atoms with van der Waals surface area (Å²) in [6, 6.07) is 10.4. The van der Waals surface area contributed by atoms with Crippen LogP contribution in [0.15, 0.2) is 49.2 Å². The molecule has 0 saturated carbocycles. The van der Waals surface area contributed by atoms with Gasteiger partial charge in [-0.2, -0.15) is 0 Å². The third-order valence-corrected chi connectivity index (χ3v) is 5.71. The van der Waals surface area contributed by atoms with Crippen molar-refractivity contribution in [2.75, 3.05) is 13.1 Å². The normalized spacial score (nSPS) is 32.0. The van der Waals surface area contributed by atoms with Crippen LogP contribution in [0.1, 0.15) is 24.5 Å². The molecule has 3 fully saturated rings. The maximum absolute atomic E-state index is 11.0. The van der Waals surface area contributed by atoms with E-state index in [9.17, 15) is 5.11 Å². The minimum absolute atomic E-state index is 0.306. The standard InChI is InChI=1S/C19H22N2O/c1-2-13-12-21-10-8-14(13)11-18(21)19(22)16-7-9-20-17-6-4-3-5-15(16)17/h2-7,9,13-14,18-19,22H,1,8,10-12H2/p+1/t13?,14?,18-,19+/m0/s1. The Balaban J connectivity index is 1.67. The summed E-state index contributed by atoms with van der Waals surface area (Å²) in [5, 5.41) is 12.1. The average Bonchev–Trinajstić information content (AvgIpc) is 2.60. The van der Waals surface area contributed by atoms with Crippen molar-refractivity contribution in [2.45, 2.75) is 25.0 Å². The van der Waals surface area contributed by atoms with Crippen molar-refractivity contribution < 1.29 is 10.0 Å². The minimum Gasteiger partial charge on any atom is -0.382 e. The first kappa shape index (κ1) is 13.9. The summed E-state index contributed by atoms with van der Waals surface area (Å²) in [5.41, 5.74) is 2.00. The highest BCUT2D eigenvalue weighted by atomic mass is 16.3. The molecule has 3 saturated heterocycles. The van der Waals surface area contributed by atoms with Gasteiger partial charge >= 0.3 is 0 Å². The topological polar surface area (TPSA) is 37.6 Å². The SMILES string of the molecule is C=CC1C[NH+]2CCC1C[C@H]2[C@H](O)c1ccnc2ccccc12. The van der Waals surface area contributed by atoms with Gasteiger partial charge in [-0.15, -0.1) is 6.58 Å². The monoisotopic (exact) mass is 295 g/mol. The Kier molecular flexibility index (Phi) is 3.47. The van der Waals surface area contributed by atoms with Crippen LogP contribution >= 0.6 is 0 Å². The molecule has 3 nitrogen and oxygen atoms in total. The van der Waals surface area contributed by atoms with Crippen molar-refractivity contribution in [3.8, 4) is 0 Å². The molecule has 114 valence electrons. The number of pyridine rings is 1. The number of aliphatic hydroxyl groups is 1. The predicted octanol–water partition coefficient (Wildman–Crippen LogP) is 1.75. The van der Waals surface area contributed by atoms with E-state index in [2.05, 4.69) is 23.7 Å². The molecule has 5 rings (SSSR count). The molecule has 0 radical (unpaired) electrons. The van der Waals surface area contributed by atoms with Gasteiger partial charge in [-0.3, -0.25) is 4.98 Å². The first-order valence-corrected chi connectivity index (χ1v) is 8.27. The van der Waals surface area contributed by atoms with Crippen LogP contribution < -0.4 is 4.90 Å². The number of quaternary nitrogens is 1. The molecule has 1 aromatic carbocycles. The summed E-state index contributed by atoms with van der Waals surface area (Å²) < 4.78 is 0. The van der Waals surface area contributed by atoms with Gasteiger partial charge in [0.25, 0.3) is 0 Å². The molecule has 3 unspecified atom stereocenters. The molecule has 2 bridgehead atoms. The highest BCUT2D eigenvalue weighted by Crippen LogP contribution is 2.33. The zero-order chi connectivity index (χ0) is 15.1. The molecular formula is C19H23N2O+. The minimum atomic E-state index is -0.406. The quantitative estimate of drug-likeness (QED) is 0.847. The van der Waals surface area contributed by atoms with Crippen LogP contribution in [-0.2, 0) is 0 Å². The lowest BCUT2D eigenvalue weighted by molar-refractivity contribution is -0.949. The molecule has 0 spiro atoms. The Morgan fingerprint density at radius 2 is 2.18 bits per heavy atom. The van der Waals surface area contributed by atoms with Crippen molar-refractivity contribution in [3.63, 3.8) is 0 Å². The zero-order valence-corrected chi connectivity index (χ0v) is 12.8. The second-order valence-electron chi connectivity index (χ2n) is 6.77. The van der Waals surface area contributed by atoms with Crippen LogP contribution in [0, 0.1) is 11.8 Å². The van der Waals surface area contributed by atoms with Gasteiger partial charge in [-0.25, -0.2) is 0 Å². The molecule has 0 aliphatic carbocycles. The lowest BCUT2D eigenvalue weighted by Crippen LogP contribution is -3.20. The predicted molar refractivity (Wildman–Crippen MR) is 87.6 cm³/mol. The number of para-hydroxylation sites is 1. The second kappa shape index (κ2) is 5.49. The lowest BCUT2D eigenvalue weighted by Gasteiger charge is -2.47. The fourth-order valence-electron chi connectivity index (χ4n) is 4.50. The first-order valence-electron chi connectivity index (χ1n) is 8.27. The van der Waals surface area contributed by atoms with E-state index in [-0.39, 0.29) is 0 Å². The van der Waals surface area contributed by atoms with Gasteiger partial charge in [0.15, 0.2) is 0 Å². The Morgan fingerprint density at radius 3 is 2.95 bits per heavy atom. The second-order valence-corrected chi connectivity index (χ2v) is 6.77. The Bertz CT molecular complexity index is 693. The number of aliphatic hydroxyl groups excluding tert-OH is 1. The van der Waals surface area contributed by atoms with Gasteiger partial charge in [0.2, 0.25) is 0 Å². The van der Waals surface area contributed by atoms with Gasteiger partial charge in [0.05, 0.1) is 18.6 Å². The third-order valence-electron chi connectivity index (χ3n) is 5.71. The summed E-state index contributed by atoms with van der Waals surface area (Å²) in [4.78, 5) is 5.95. The van der Waals surface area contributed by atoms with Crippen LogP contribution in [-0.4, -0.2) is 29.2 Å². The van der Waals surface area contributed by atoms with Crippen molar-refractivity contribution in [3.05, 3.63) is 54.7 Å². The molecule has 2 aromatic rings. The van der Waals surface area contributed by atoms with Crippen LogP contribution in [0.2, 0.25) is 0 Å². The van der Waals surface area contributed by atoms with Crippen molar-refractivity contribution in [2.24, 2.45) is 11.8 Å². The number of benzene rings is 1. The van der Waals surface area contributed by atoms with Crippen LogP contribution in [0.25, 0.3) is 10.9 Å². The number of piperidine rings is 3. The maximum Gasteiger partial charge on any atom is 0.131 e. The van der Waals surface area contributed by atoms with Crippen LogP contribution in [0.3, 0.4) is 0 Å². The van der Waals surface area contributed by atoms with Gasteiger partial charge in [0.1, 0.15) is 12.1 Å². The molecule has 3 aliphatic heterocycles. The summed E-state index contributed by atoms with van der Waals surface area (Å²) in [6.45, 7) is 6.29. The number of fused-ring (bicyclic) bond motifs is 4. The molecule has 5 atom stereocenters. The third kappa shape index (κ3) is 2.16. The van der Waals surface area contributed by atoms with Crippen LogP contribution in [0.5, 0.6) is 0 Å². The van der Waals surface area contributed by atoms with E-state index >= 15 is 0 Å². The van der Waals surface area contributed by atoms with Gasteiger partial charge in [-0.05, 0) is 23.6 Å². The molecule has 1 aromatic heterocycles. The summed E-state index contributed by atoms with van der Waals surface area (Å²) >= 11 is 0. The molecule has 0 amide bonds. The van der Waals surface area contributed by atoms with E-state index < -0.39 is 6.10 Å². The van der Waals surface area contributed by atoms with Crippen molar-refractivity contribution in [1.29, 1.82) is 0 Å². The average molecular weight is 295 g/mol. The number of nitrogens with zero attached hydrogens (tertiary/aromatic N) is 1. The number of hydrogen-bond donors (Lipinski definition) is 2. The number of hydrogen-bond acceptors (Lipinski definition) is 2. The summed E-state index contributed by atoms with van der Waals surface area (Å²) in [6.07, 6.45) is 5.90. The Labute approximate surface area is 131 Å². The highest BCUT2D eigenvalue weighted by Gasteiger charge is 2.45. The lowest BCUT2D eigenvalue weighted by atomic mass is 9.73. The van der Waals surface area contributed by atoms with E-state index in [1.165, 1.54) is 13.0 Å².